The number of ether oxygens (including phenoxy) is 1. The van der Waals surface area contributed by atoms with Crippen LogP contribution in [-0.2, 0) is 6.54 Å². The Kier molecular flexibility index (Phi) is 5.16. The lowest BCUT2D eigenvalue weighted by Crippen LogP contribution is -2.04. The number of nitrogens with zero attached hydrogens (tertiary/aromatic N) is 3. The fourth-order valence-electron chi connectivity index (χ4n) is 3.15. The number of pyridine rings is 1. The van der Waals surface area contributed by atoms with Crippen LogP contribution in [0.1, 0.15) is 36.8 Å². The van der Waals surface area contributed by atoms with Gasteiger partial charge < -0.3 is 14.6 Å². The van der Waals surface area contributed by atoms with Crippen LogP contribution >= 0.6 is 0 Å². The molecular formula is C23H24N4O2. The Morgan fingerprint density at radius 3 is 2.69 bits per heavy atom. The van der Waals surface area contributed by atoms with Crippen LogP contribution in [0.4, 0.5) is 5.82 Å². The predicted octanol–water partition coefficient (Wildman–Crippen LogP) is 5.34. The number of aromatic nitrogens is 3. The molecule has 0 spiro atoms. The van der Waals surface area contributed by atoms with E-state index in [0.29, 0.717) is 18.3 Å². The van der Waals surface area contributed by atoms with Crippen molar-refractivity contribution in [2.24, 2.45) is 0 Å². The summed E-state index contributed by atoms with van der Waals surface area (Å²) in [5.74, 6) is 2.87. The third kappa shape index (κ3) is 4.06. The number of fused-ring (bicyclic) bond motifs is 1. The second-order valence-corrected chi connectivity index (χ2v) is 7.40. The maximum absolute atomic E-state index is 5.43. The molecule has 1 N–H and O–H groups in total. The Balaban J connectivity index is 1.74. The topological polar surface area (TPSA) is 73.1 Å². The Morgan fingerprint density at radius 2 is 1.93 bits per heavy atom. The monoisotopic (exact) mass is 388 g/mol. The summed E-state index contributed by atoms with van der Waals surface area (Å²) < 4.78 is 10.7. The van der Waals surface area contributed by atoms with Crippen LogP contribution in [0.3, 0.4) is 0 Å². The van der Waals surface area contributed by atoms with Gasteiger partial charge in [0.2, 0.25) is 11.7 Å². The number of methoxy groups -OCH3 is 1. The van der Waals surface area contributed by atoms with Gasteiger partial charge in [-0.1, -0.05) is 42.8 Å². The molecule has 0 atom stereocenters. The van der Waals surface area contributed by atoms with E-state index in [1.54, 1.807) is 7.11 Å². The summed E-state index contributed by atoms with van der Waals surface area (Å²) in [7, 11) is 1.67. The molecule has 148 valence electrons. The summed E-state index contributed by atoms with van der Waals surface area (Å²) >= 11 is 0. The second kappa shape index (κ2) is 7.91. The van der Waals surface area contributed by atoms with Crippen molar-refractivity contribution in [2.45, 2.75) is 33.2 Å². The van der Waals surface area contributed by atoms with E-state index >= 15 is 0 Å². The maximum Gasteiger partial charge on any atom is 0.229 e. The number of hydrogen-bond donors (Lipinski definition) is 1. The van der Waals surface area contributed by atoms with Gasteiger partial charge in [-0.15, -0.1) is 0 Å². The highest BCUT2D eigenvalue weighted by Gasteiger charge is 2.17. The lowest BCUT2D eigenvalue weighted by Gasteiger charge is -2.12. The van der Waals surface area contributed by atoms with Crippen molar-refractivity contribution in [1.29, 1.82) is 0 Å². The van der Waals surface area contributed by atoms with E-state index < -0.39 is 0 Å². The third-order valence-corrected chi connectivity index (χ3v) is 4.74. The van der Waals surface area contributed by atoms with Crippen LogP contribution in [0.25, 0.3) is 22.3 Å². The fraction of sp³-hybridized carbons (Fsp3) is 0.261. The van der Waals surface area contributed by atoms with E-state index in [4.69, 9.17) is 14.2 Å². The van der Waals surface area contributed by atoms with Crippen molar-refractivity contribution >= 4 is 16.7 Å². The van der Waals surface area contributed by atoms with Gasteiger partial charge in [-0.2, -0.15) is 4.98 Å². The van der Waals surface area contributed by atoms with Gasteiger partial charge in [-0.25, -0.2) is 4.98 Å². The van der Waals surface area contributed by atoms with E-state index in [1.807, 2.05) is 44.2 Å². The molecule has 0 aliphatic carbocycles. The van der Waals surface area contributed by atoms with Crippen molar-refractivity contribution in [3.8, 4) is 17.1 Å². The predicted molar refractivity (Wildman–Crippen MR) is 114 cm³/mol. The summed E-state index contributed by atoms with van der Waals surface area (Å²) in [4.78, 5) is 9.41. The van der Waals surface area contributed by atoms with Gasteiger partial charge in [0, 0.05) is 17.8 Å². The smallest absolute Gasteiger partial charge is 0.229 e. The molecule has 0 aliphatic rings. The highest BCUT2D eigenvalue weighted by Crippen LogP contribution is 2.30. The number of rotatable bonds is 6. The van der Waals surface area contributed by atoms with Crippen molar-refractivity contribution in [1.82, 2.24) is 15.1 Å². The molecule has 4 aromatic rings. The van der Waals surface area contributed by atoms with E-state index in [0.717, 1.165) is 33.6 Å². The normalized spacial score (nSPS) is 11.2. The lowest BCUT2D eigenvalue weighted by molar-refractivity contribution is 0.365. The van der Waals surface area contributed by atoms with E-state index in [2.05, 4.69) is 40.6 Å². The molecule has 0 saturated carbocycles. The van der Waals surface area contributed by atoms with Gasteiger partial charge in [0.05, 0.1) is 18.2 Å². The first-order valence-corrected chi connectivity index (χ1v) is 9.65. The van der Waals surface area contributed by atoms with Crippen molar-refractivity contribution < 1.29 is 9.26 Å². The Bertz CT molecular complexity index is 1150. The second-order valence-electron chi connectivity index (χ2n) is 7.40. The van der Waals surface area contributed by atoms with Gasteiger partial charge in [-0.05, 0) is 42.8 Å². The molecule has 0 saturated heterocycles. The lowest BCUT2D eigenvalue weighted by atomic mass is 10.1. The maximum atomic E-state index is 5.43. The molecule has 6 nitrogen and oxygen atoms in total. The molecule has 0 unspecified atom stereocenters. The Labute approximate surface area is 169 Å². The first-order valence-electron chi connectivity index (χ1n) is 9.65. The third-order valence-electron chi connectivity index (χ3n) is 4.74. The first-order chi connectivity index (χ1) is 14.0. The summed E-state index contributed by atoms with van der Waals surface area (Å²) in [6.07, 6.45) is 0. The summed E-state index contributed by atoms with van der Waals surface area (Å²) in [5.41, 5.74) is 4.01. The molecule has 2 aromatic heterocycles. The number of anilines is 1. The fourth-order valence-corrected chi connectivity index (χ4v) is 3.15. The van der Waals surface area contributed by atoms with Crippen LogP contribution in [0.5, 0.6) is 5.75 Å². The number of hydrogen-bond acceptors (Lipinski definition) is 6. The van der Waals surface area contributed by atoms with Crippen molar-refractivity contribution in [3.05, 3.63) is 65.5 Å². The summed E-state index contributed by atoms with van der Waals surface area (Å²) in [5, 5.41) is 8.67. The molecule has 29 heavy (non-hydrogen) atoms. The molecule has 4 rings (SSSR count). The molecule has 2 heterocycles. The number of nitrogens with one attached hydrogen (secondary N) is 1. The minimum atomic E-state index is 0.167. The Hall–Kier alpha value is -3.41. The van der Waals surface area contributed by atoms with E-state index in [9.17, 15) is 0 Å². The Morgan fingerprint density at radius 1 is 1.07 bits per heavy atom. The van der Waals surface area contributed by atoms with Gasteiger partial charge in [0.15, 0.2) is 0 Å². The number of benzene rings is 2. The molecule has 2 aromatic carbocycles. The molecule has 6 heteroatoms. The standard InChI is InChI=1S/C23H24N4O2/c1-14(2)23-26-22(27-29-23)19-12-17-10-15(3)8-9-20(17)25-21(19)24-13-16-6-5-7-18(11-16)28-4/h5-12,14H,13H2,1-4H3,(H,24,25). The van der Waals surface area contributed by atoms with Gasteiger partial charge in [0.25, 0.3) is 0 Å². The van der Waals surface area contributed by atoms with Crippen LogP contribution in [0, 0.1) is 6.92 Å². The molecular weight excluding hydrogens is 364 g/mol. The SMILES string of the molecule is COc1cccc(CNc2nc3ccc(C)cc3cc2-c2noc(C(C)C)n2)c1. The zero-order valence-electron chi connectivity index (χ0n) is 17.1. The van der Waals surface area contributed by atoms with E-state index in [-0.39, 0.29) is 5.92 Å². The average Bonchev–Trinajstić information content (AvgIpc) is 3.22. The highest BCUT2D eigenvalue weighted by atomic mass is 16.5. The van der Waals surface area contributed by atoms with Gasteiger partial charge in [0.1, 0.15) is 11.6 Å². The summed E-state index contributed by atoms with van der Waals surface area (Å²) in [6, 6.07) is 16.2. The molecule has 0 bridgehead atoms. The largest absolute Gasteiger partial charge is 0.497 e. The van der Waals surface area contributed by atoms with Crippen LogP contribution in [0.2, 0.25) is 0 Å². The van der Waals surface area contributed by atoms with Crippen molar-refractivity contribution in [2.75, 3.05) is 12.4 Å². The average molecular weight is 388 g/mol. The van der Waals surface area contributed by atoms with Crippen molar-refractivity contribution in [3.63, 3.8) is 0 Å². The van der Waals surface area contributed by atoms with Crippen LogP contribution in [0.15, 0.2) is 53.1 Å². The molecule has 0 fully saturated rings. The molecule has 0 aliphatic heterocycles. The molecule has 0 radical (unpaired) electrons. The summed E-state index contributed by atoms with van der Waals surface area (Å²) in [6.45, 7) is 6.73. The quantitative estimate of drug-likeness (QED) is 0.481. The van der Waals surface area contributed by atoms with Gasteiger partial charge in [-0.3, -0.25) is 0 Å². The minimum absolute atomic E-state index is 0.167. The van der Waals surface area contributed by atoms with Crippen LogP contribution < -0.4 is 10.1 Å². The first kappa shape index (κ1) is 18.9. The minimum Gasteiger partial charge on any atom is -0.497 e. The van der Waals surface area contributed by atoms with Crippen LogP contribution in [-0.4, -0.2) is 22.2 Å². The zero-order valence-corrected chi connectivity index (χ0v) is 17.1. The molecule has 0 amide bonds. The highest BCUT2D eigenvalue weighted by molar-refractivity contribution is 5.88. The number of aryl methyl sites for hydroxylation is 1. The van der Waals surface area contributed by atoms with E-state index in [1.165, 1.54) is 5.56 Å². The van der Waals surface area contributed by atoms with Gasteiger partial charge >= 0.3 is 0 Å². The zero-order chi connectivity index (χ0) is 20.4.